The Hall–Kier alpha value is -2.14. The highest BCUT2D eigenvalue weighted by Gasteiger charge is 2.25. The summed E-state index contributed by atoms with van der Waals surface area (Å²) >= 11 is 0. The summed E-state index contributed by atoms with van der Waals surface area (Å²) in [6.07, 6.45) is 4.74. The lowest BCUT2D eigenvalue weighted by molar-refractivity contribution is 0.0920. The van der Waals surface area contributed by atoms with Crippen molar-refractivity contribution in [1.82, 2.24) is 10.3 Å². The van der Waals surface area contributed by atoms with Gasteiger partial charge >= 0.3 is 0 Å². The van der Waals surface area contributed by atoms with E-state index in [4.69, 9.17) is 5.53 Å². The lowest BCUT2D eigenvalue weighted by Crippen LogP contribution is -2.44. The van der Waals surface area contributed by atoms with Gasteiger partial charge in [-0.3, -0.25) is 4.79 Å². The van der Waals surface area contributed by atoms with Crippen molar-refractivity contribution in [3.63, 3.8) is 0 Å². The van der Waals surface area contributed by atoms with Crippen LogP contribution < -0.4 is 5.32 Å². The summed E-state index contributed by atoms with van der Waals surface area (Å²) < 4.78 is 12.9. The fourth-order valence-corrected chi connectivity index (χ4v) is 2.28. The van der Waals surface area contributed by atoms with Crippen molar-refractivity contribution in [2.45, 2.75) is 37.8 Å². The van der Waals surface area contributed by atoms with E-state index in [1.54, 1.807) is 0 Å². The Morgan fingerprint density at radius 3 is 3.05 bits per heavy atom. The van der Waals surface area contributed by atoms with E-state index < -0.39 is 5.95 Å². The molecule has 0 aliphatic heterocycles. The van der Waals surface area contributed by atoms with Crippen molar-refractivity contribution in [2.75, 3.05) is 0 Å². The van der Waals surface area contributed by atoms with Gasteiger partial charge in [-0.1, -0.05) is 18.0 Å². The molecule has 1 aliphatic rings. The molecule has 0 saturated heterocycles. The van der Waals surface area contributed by atoms with Gasteiger partial charge in [-0.25, -0.2) is 4.98 Å². The number of carbonyl (C=O) groups excluding carboxylic acids is 1. The molecule has 6 nitrogen and oxygen atoms in total. The van der Waals surface area contributed by atoms with Crippen molar-refractivity contribution in [3.05, 3.63) is 40.3 Å². The second-order valence-electron chi connectivity index (χ2n) is 4.50. The van der Waals surface area contributed by atoms with Gasteiger partial charge in [0.1, 0.15) is 0 Å². The molecule has 0 spiro atoms. The average Bonchev–Trinajstić information content (AvgIpc) is 2.41. The predicted octanol–water partition coefficient (Wildman–Crippen LogP) is 2.57. The number of halogens is 1. The van der Waals surface area contributed by atoms with Crippen LogP contribution in [0.4, 0.5) is 4.39 Å². The van der Waals surface area contributed by atoms with E-state index in [0.717, 1.165) is 31.7 Å². The van der Waals surface area contributed by atoms with Crippen molar-refractivity contribution >= 4 is 5.91 Å². The van der Waals surface area contributed by atoms with E-state index in [0.29, 0.717) is 0 Å². The first kappa shape index (κ1) is 13.3. The number of pyridine rings is 1. The molecule has 7 heteroatoms. The molecule has 1 amide bonds. The van der Waals surface area contributed by atoms with Gasteiger partial charge in [-0.2, -0.15) is 4.39 Å². The number of aromatic nitrogens is 1. The topological polar surface area (TPSA) is 90.8 Å². The van der Waals surface area contributed by atoms with E-state index in [1.807, 2.05) is 0 Å². The fourth-order valence-electron chi connectivity index (χ4n) is 2.28. The highest BCUT2D eigenvalue weighted by atomic mass is 19.1. The van der Waals surface area contributed by atoms with Crippen LogP contribution in [-0.4, -0.2) is 23.0 Å². The maximum atomic E-state index is 12.9. The zero-order valence-electron chi connectivity index (χ0n) is 10.3. The van der Waals surface area contributed by atoms with Crippen LogP contribution in [0.1, 0.15) is 36.0 Å². The Kier molecular flexibility index (Phi) is 4.30. The Morgan fingerprint density at radius 2 is 2.32 bits per heavy atom. The van der Waals surface area contributed by atoms with Crippen LogP contribution in [0.15, 0.2) is 23.4 Å². The summed E-state index contributed by atoms with van der Waals surface area (Å²) in [7, 11) is 0. The summed E-state index contributed by atoms with van der Waals surface area (Å²) in [5.41, 5.74) is 8.73. The molecule has 1 N–H and O–H groups in total. The molecular weight excluding hydrogens is 249 g/mol. The second kappa shape index (κ2) is 6.15. The number of amides is 1. The molecule has 1 saturated carbocycles. The smallest absolute Gasteiger partial charge is 0.251 e. The van der Waals surface area contributed by atoms with Gasteiger partial charge in [0.05, 0.1) is 6.04 Å². The van der Waals surface area contributed by atoms with Gasteiger partial charge in [0.25, 0.3) is 5.91 Å². The lowest BCUT2D eigenvalue weighted by atomic mass is 9.90. The molecule has 100 valence electrons. The van der Waals surface area contributed by atoms with Crippen LogP contribution in [0.25, 0.3) is 10.4 Å². The van der Waals surface area contributed by atoms with Crippen molar-refractivity contribution in [1.29, 1.82) is 0 Å². The predicted molar refractivity (Wildman–Crippen MR) is 66.9 cm³/mol. The maximum absolute atomic E-state index is 12.9. The van der Waals surface area contributed by atoms with Gasteiger partial charge in [0.2, 0.25) is 5.95 Å². The van der Waals surface area contributed by atoms with E-state index in [9.17, 15) is 9.18 Å². The third-order valence-corrected chi connectivity index (χ3v) is 3.23. The molecule has 1 aromatic rings. The third-order valence-electron chi connectivity index (χ3n) is 3.23. The Balaban J connectivity index is 2.06. The molecule has 1 aromatic heterocycles. The normalized spacial score (nSPS) is 22.4. The van der Waals surface area contributed by atoms with Crippen molar-refractivity contribution < 1.29 is 9.18 Å². The number of nitrogens with zero attached hydrogens (tertiary/aromatic N) is 4. The summed E-state index contributed by atoms with van der Waals surface area (Å²) in [4.78, 5) is 18.2. The second-order valence-corrected chi connectivity index (χ2v) is 4.50. The summed E-state index contributed by atoms with van der Waals surface area (Å²) in [5.74, 6) is -1.06. The Bertz CT molecular complexity index is 515. The van der Waals surface area contributed by atoms with Crippen LogP contribution in [-0.2, 0) is 0 Å². The van der Waals surface area contributed by atoms with Crippen molar-refractivity contribution in [3.8, 4) is 0 Å². The molecule has 0 aromatic carbocycles. The van der Waals surface area contributed by atoms with Crippen molar-refractivity contribution in [2.24, 2.45) is 5.11 Å². The van der Waals surface area contributed by atoms with E-state index in [1.165, 1.54) is 12.3 Å². The third kappa shape index (κ3) is 3.42. The van der Waals surface area contributed by atoms with Gasteiger partial charge in [0.15, 0.2) is 0 Å². The largest absolute Gasteiger partial charge is 0.349 e. The SMILES string of the molecule is [N-]=[N+]=NC1CCCCC1NC(=O)c1ccnc(F)c1. The number of rotatable bonds is 3. The van der Waals surface area contributed by atoms with Crippen LogP contribution in [0.2, 0.25) is 0 Å². The molecule has 1 aliphatic carbocycles. The highest BCUT2D eigenvalue weighted by Crippen LogP contribution is 2.21. The first-order valence-corrected chi connectivity index (χ1v) is 6.17. The number of carbonyl (C=O) groups is 1. The van der Waals surface area contributed by atoms with Gasteiger partial charge in [0, 0.05) is 28.8 Å². The monoisotopic (exact) mass is 263 g/mol. The molecule has 0 bridgehead atoms. The zero-order valence-corrected chi connectivity index (χ0v) is 10.3. The van der Waals surface area contributed by atoms with Crippen LogP contribution >= 0.6 is 0 Å². The molecule has 2 atom stereocenters. The summed E-state index contributed by atoms with van der Waals surface area (Å²) in [6, 6.07) is 2.12. The molecule has 2 unspecified atom stereocenters. The van der Waals surface area contributed by atoms with Crippen LogP contribution in [0.5, 0.6) is 0 Å². The standard InChI is InChI=1S/C12H14FN5O/c13-11-7-8(5-6-15-11)12(19)16-9-3-1-2-4-10(9)17-18-14/h5-7,9-10H,1-4H2,(H,16,19). The van der Waals surface area contributed by atoms with E-state index in [2.05, 4.69) is 20.3 Å². The van der Waals surface area contributed by atoms with E-state index >= 15 is 0 Å². The van der Waals surface area contributed by atoms with Gasteiger partial charge in [-0.15, -0.1) is 0 Å². The van der Waals surface area contributed by atoms with Crippen LogP contribution in [0, 0.1) is 5.95 Å². The molecule has 1 heterocycles. The minimum absolute atomic E-state index is 0.187. The highest BCUT2D eigenvalue weighted by molar-refractivity contribution is 5.94. The number of nitrogens with one attached hydrogen (secondary N) is 1. The minimum atomic E-state index is -0.692. The number of hydrogen-bond donors (Lipinski definition) is 1. The maximum Gasteiger partial charge on any atom is 0.251 e. The molecule has 2 rings (SSSR count). The first-order valence-electron chi connectivity index (χ1n) is 6.17. The minimum Gasteiger partial charge on any atom is -0.349 e. The van der Waals surface area contributed by atoms with Crippen LogP contribution in [0.3, 0.4) is 0 Å². The first-order chi connectivity index (χ1) is 9.20. The van der Waals surface area contributed by atoms with Gasteiger partial charge < -0.3 is 5.32 Å². The average molecular weight is 263 g/mol. The number of azide groups is 1. The molecule has 0 radical (unpaired) electrons. The zero-order chi connectivity index (χ0) is 13.7. The van der Waals surface area contributed by atoms with Gasteiger partial charge in [-0.05, 0) is 24.4 Å². The molecule has 19 heavy (non-hydrogen) atoms. The summed E-state index contributed by atoms with van der Waals surface area (Å²) in [5, 5.41) is 6.51. The van der Waals surface area contributed by atoms with E-state index in [-0.39, 0.29) is 23.6 Å². The number of hydrogen-bond acceptors (Lipinski definition) is 3. The molecule has 1 fully saturated rings. The lowest BCUT2D eigenvalue weighted by Gasteiger charge is -2.28. The quantitative estimate of drug-likeness (QED) is 0.393. The molecular formula is C12H14FN5O. The summed E-state index contributed by atoms with van der Waals surface area (Å²) in [6.45, 7) is 0. The fraction of sp³-hybridized carbons (Fsp3) is 0.500. The Labute approximate surface area is 109 Å². The Morgan fingerprint density at radius 1 is 1.53 bits per heavy atom.